The van der Waals surface area contributed by atoms with Gasteiger partial charge in [0.15, 0.2) is 0 Å². The number of anilines is 6. The lowest BCUT2D eigenvalue weighted by Gasteiger charge is -2.30. The van der Waals surface area contributed by atoms with Crippen LogP contribution in [0.5, 0.6) is 5.75 Å². The van der Waals surface area contributed by atoms with Gasteiger partial charge in [-0.15, -0.1) is 0 Å². The third-order valence-electron chi connectivity index (χ3n) is 11.2. The van der Waals surface area contributed by atoms with Crippen molar-refractivity contribution in [3.8, 4) is 11.4 Å². The zero-order valence-corrected chi connectivity index (χ0v) is 30.6. The average Bonchev–Trinajstić information content (AvgIpc) is 3.79. The van der Waals surface area contributed by atoms with Crippen LogP contribution in [0.15, 0.2) is 200 Å². The second-order valence-electron chi connectivity index (χ2n) is 14.5. The fraction of sp³-hybridized carbons (Fsp3) is 0.0385. The minimum absolute atomic E-state index is 0.0323. The second kappa shape index (κ2) is 13.2. The molecule has 0 saturated heterocycles. The van der Waals surface area contributed by atoms with Crippen LogP contribution in [0.25, 0.3) is 39.6 Å². The van der Waals surface area contributed by atoms with Crippen LogP contribution in [-0.4, -0.2) is 10.7 Å². The van der Waals surface area contributed by atoms with Gasteiger partial charge >= 0.3 is 0 Å². The quantitative estimate of drug-likeness (QED) is 0.164. The Kier molecular flexibility index (Phi) is 7.59. The fourth-order valence-electron chi connectivity index (χ4n) is 8.77. The van der Waals surface area contributed by atoms with Crippen LogP contribution in [0.3, 0.4) is 0 Å². The molecular weight excluding hydrogens is 683 g/mol. The van der Waals surface area contributed by atoms with Crippen molar-refractivity contribution in [1.29, 1.82) is 0 Å². The minimum atomic E-state index is -0.0323. The van der Waals surface area contributed by atoms with Crippen molar-refractivity contribution in [2.45, 2.75) is 12.0 Å². The lowest BCUT2D eigenvalue weighted by atomic mass is 9.89. The van der Waals surface area contributed by atoms with E-state index >= 15 is 0 Å². The van der Waals surface area contributed by atoms with Gasteiger partial charge in [-0.2, -0.15) is 0 Å². The number of ether oxygens (including phenoxy) is 1. The van der Waals surface area contributed by atoms with Crippen LogP contribution in [0, 0.1) is 0 Å². The van der Waals surface area contributed by atoms with E-state index in [0.29, 0.717) is 0 Å². The molecule has 1 aliphatic heterocycles. The molecule has 1 aromatic heterocycles. The Morgan fingerprint density at radius 3 is 1.68 bits per heavy atom. The molecule has 56 heavy (non-hydrogen) atoms. The lowest BCUT2D eigenvalue weighted by Crippen LogP contribution is -2.34. The van der Waals surface area contributed by atoms with Crippen LogP contribution in [0.1, 0.15) is 11.5 Å². The van der Waals surface area contributed by atoms with Crippen molar-refractivity contribution < 1.29 is 4.74 Å². The van der Waals surface area contributed by atoms with Crippen molar-refractivity contribution in [1.82, 2.24) is 4.57 Å². The van der Waals surface area contributed by atoms with Crippen LogP contribution < -0.4 is 25.0 Å². The van der Waals surface area contributed by atoms with Crippen molar-refractivity contribution in [2.75, 3.05) is 9.80 Å². The molecular formula is C52H37N3O. The standard InChI is InChI=1S/C52H37N3O/c1-5-19-38(20-6-1)53(42-29-30-50-46(33-42)45-31-36-17-13-14-18-37(36)32-51(45)56-50)43-34-48(54(39-21-7-2-8-22-39)40-23-9-3-10-24-40)52-44-27-15-16-28-47(44)55(49(52)35-43)41-25-11-4-12-26-41/h1-35,45,51H. The Balaban J connectivity index is 1.21. The van der Waals surface area contributed by atoms with Crippen LogP contribution in [0.2, 0.25) is 0 Å². The Morgan fingerprint density at radius 1 is 0.429 bits per heavy atom. The van der Waals surface area contributed by atoms with Crippen LogP contribution in [-0.2, 0) is 0 Å². The first kappa shape index (κ1) is 32.2. The Morgan fingerprint density at radius 2 is 1.00 bits per heavy atom. The molecule has 9 aromatic rings. The molecule has 2 aliphatic rings. The van der Waals surface area contributed by atoms with E-state index in [4.69, 9.17) is 4.74 Å². The first-order chi connectivity index (χ1) is 27.8. The zero-order chi connectivity index (χ0) is 37.0. The second-order valence-corrected chi connectivity index (χ2v) is 14.5. The predicted molar refractivity (Wildman–Crippen MR) is 232 cm³/mol. The molecule has 266 valence electrons. The maximum atomic E-state index is 6.60. The van der Waals surface area contributed by atoms with Crippen molar-refractivity contribution in [3.05, 3.63) is 216 Å². The van der Waals surface area contributed by atoms with Gasteiger partial charge in [0.25, 0.3) is 0 Å². The molecule has 0 N–H and O–H groups in total. The van der Waals surface area contributed by atoms with E-state index in [-0.39, 0.29) is 12.0 Å². The molecule has 4 heteroatoms. The van der Waals surface area contributed by atoms with Gasteiger partial charge in [0.05, 0.1) is 22.4 Å². The smallest absolute Gasteiger partial charge is 0.128 e. The topological polar surface area (TPSA) is 20.6 Å². The summed E-state index contributed by atoms with van der Waals surface area (Å²) in [6, 6.07) is 71.7. The summed E-state index contributed by atoms with van der Waals surface area (Å²) >= 11 is 0. The highest BCUT2D eigenvalue weighted by atomic mass is 16.5. The third-order valence-corrected chi connectivity index (χ3v) is 11.2. The molecule has 0 saturated carbocycles. The number of hydrogen-bond donors (Lipinski definition) is 0. The minimum Gasteiger partial charge on any atom is -0.485 e. The van der Waals surface area contributed by atoms with Gasteiger partial charge in [-0.3, -0.25) is 0 Å². The van der Waals surface area contributed by atoms with E-state index in [2.05, 4.69) is 227 Å². The summed E-state index contributed by atoms with van der Waals surface area (Å²) in [5.74, 6) is 1.07. The van der Waals surface area contributed by atoms with Crippen LogP contribution in [0.4, 0.5) is 34.1 Å². The van der Waals surface area contributed by atoms with Crippen molar-refractivity contribution >= 4 is 68.1 Å². The number of rotatable bonds is 7. The van der Waals surface area contributed by atoms with E-state index in [1.54, 1.807) is 0 Å². The highest BCUT2D eigenvalue weighted by molar-refractivity contribution is 6.18. The van der Waals surface area contributed by atoms with Gasteiger partial charge in [-0.25, -0.2) is 0 Å². The molecule has 8 aromatic carbocycles. The number of hydrogen-bond acceptors (Lipinski definition) is 3. The van der Waals surface area contributed by atoms with E-state index < -0.39 is 0 Å². The lowest BCUT2D eigenvalue weighted by molar-refractivity contribution is 0.288. The van der Waals surface area contributed by atoms with Gasteiger partial charge in [-0.05, 0) is 101 Å². The molecule has 1 aliphatic carbocycles. The van der Waals surface area contributed by atoms with Gasteiger partial charge in [0, 0.05) is 50.7 Å². The molecule has 0 fully saturated rings. The summed E-state index contributed by atoms with van der Waals surface area (Å²) < 4.78 is 9.02. The van der Waals surface area contributed by atoms with Gasteiger partial charge < -0.3 is 19.1 Å². The number of nitrogens with zero attached hydrogens (tertiary/aromatic N) is 3. The molecule has 11 rings (SSSR count). The van der Waals surface area contributed by atoms with E-state index in [1.165, 1.54) is 26.8 Å². The monoisotopic (exact) mass is 719 g/mol. The van der Waals surface area contributed by atoms with E-state index in [9.17, 15) is 0 Å². The molecule has 0 amide bonds. The highest BCUT2D eigenvalue weighted by Crippen LogP contribution is 2.49. The molecule has 2 atom stereocenters. The molecule has 4 nitrogen and oxygen atoms in total. The number of para-hydroxylation sites is 5. The van der Waals surface area contributed by atoms with Gasteiger partial charge in [0.2, 0.25) is 0 Å². The fourth-order valence-corrected chi connectivity index (χ4v) is 8.77. The summed E-state index contributed by atoms with van der Waals surface area (Å²) in [6.45, 7) is 0. The van der Waals surface area contributed by atoms with E-state index in [1.807, 2.05) is 0 Å². The highest BCUT2D eigenvalue weighted by Gasteiger charge is 2.34. The van der Waals surface area contributed by atoms with Gasteiger partial charge in [0.1, 0.15) is 11.9 Å². The maximum absolute atomic E-state index is 6.60. The Labute approximate surface area is 325 Å². The molecule has 2 unspecified atom stereocenters. The summed E-state index contributed by atoms with van der Waals surface area (Å²) in [5, 5.41) is 4.86. The summed E-state index contributed by atoms with van der Waals surface area (Å²) in [5.41, 5.74) is 11.1. The van der Waals surface area contributed by atoms with E-state index in [0.717, 1.165) is 56.6 Å². The maximum Gasteiger partial charge on any atom is 0.128 e. The Bertz CT molecular complexity index is 2970. The largest absolute Gasteiger partial charge is 0.485 e. The van der Waals surface area contributed by atoms with Crippen molar-refractivity contribution in [2.24, 2.45) is 0 Å². The number of fused-ring (bicyclic) bond motifs is 7. The third kappa shape index (κ3) is 5.30. The summed E-state index contributed by atoms with van der Waals surface area (Å²) in [4.78, 5) is 4.81. The predicted octanol–water partition coefficient (Wildman–Crippen LogP) is 11.8. The van der Waals surface area contributed by atoms with Gasteiger partial charge in [-0.1, -0.05) is 121 Å². The van der Waals surface area contributed by atoms with Crippen molar-refractivity contribution in [3.63, 3.8) is 0 Å². The molecule has 0 bridgehead atoms. The molecule has 0 radical (unpaired) electrons. The average molecular weight is 720 g/mol. The van der Waals surface area contributed by atoms with Crippen LogP contribution >= 0.6 is 0 Å². The number of benzene rings is 8. The normalized spacial score (nSPS) is 15.2. The number of aromatic nitrogens is 1. The summed E-state index contributed by atoms with van der Waals surface area (Å²) in [7, 11) is 0. The molecule has 0 spiro atoms. The zero-order valence-electron chi connectivity index (χ0n) is 30.6. The first-order valence-corrected chi connectivity index (χ1v) is 19.3. The first-order valence-electron chi connectivity index (χ1n) is 19.3. The molecule has 2 heterocycles. The SMILES string of the molecule is C1=c2ccccc2=CC2c3cc(N(c4ccccc4)c4cc(N(c5ccccc5)c5ccccc5)c5c6ccccc6n(-c6ccccc6)c5c4)ccc3OC12. The Hall–Kier alpha value is -7.30. The summed E-state index contributed by atoms with van der Waals surface area (Å²) in [6.07, 6.45) is 4.62.